The van der Waals surface area contributed by atoms with Gasteiger partial charge in [-0.15, -0.1) is 0 Å². The minimum Gasteiger partial charge on any atom is -0.454 e. The van der Waals surface area contributed by atoms with Crippen LogP contribution in [-0.4, -0.2) is 5.97 Å². The van der Waals surface area contributed by atoms with Gasteiger partial charge in [-0.1, -0.05) is 44.2 Å². The molecule has 2 aromatic rings. The van der Waals surface area contributed by atoms with Crippen LogP contribution in [0.3, 0.4) is 0 Å². The lowest BCUT2D eigenvalue weighted by atomic mass is 10.1. The molecule has 0 bridgehead atoms. The fourth-order valence-electron chi connectivity index (χ4n) is 3.31. The number of ether oxygens (including phenoxy) is 2. The summed E-state index contributed by atoms with van der Waals surface area (Å²) in [6.45, 7) is 3.93. The standard InChI is InChI=1S/C22H18Br2FNO3/c1-22(2)15(11-19(23)24)20(22)21(27)29-18(12-26)13-8-9-16(25)17(10-13)28-14-6-4-3-5-7-14/h3-11,15,18,20H,1-2H3. The number of halogens is 3. The zero-order chi connectivity index (χ0) is 21.2. The van der Waals surface area contributed by atoms with Gasteiger partial charge in [0, 0.05) is 5.56 Å². The SMILES string of the molecule is CC1(C)C(C=C(Br)Br)C1C(=O)OC(C#N)c1ccc(F)c(Oc2ccccc2)c1. The number of nitriles is 1. The molecule has 150 valence electrons. The highest BCUT2D eigenvalue weighted by molar-refractivity contribution is 9.28. The molecule has 1 aliphatic rings. The Labute approximate surface area is 185 Å². The maximum absolute atomic E-state index is 14.2. The van der Waals surface area contributed by atoms with Crippen LogP contribution >= 0.6 is 31.9 Å². The number of nitrogens with zero attached hydrogens (tertiary/aromatic N) is 1. The molecule has 0 aromatic heterocycles. The fraction of sp³-hybridized carbons (Fsp3) is 0.273. The highest BCUT2D eigenvalue weighted by Gasteiger charge is 2.61. The first-order valence-electron chi connectivity index (χ1n) is 8.89. The third-order valence-corrected chi connectivity index (χ3v) is 5.58. The molecule has 7 heteroatoms. The summed E-state index contributed by atoms with van der Waals surface area (Å²) in [5.74, 6) is -0.975. The first-order chi connectivity index (χ1) is 13.7. The van der Waals surface area contributed by atoms with Crippen molar-refractivity contribution in [3.8, 4) is 17.6 Å². The van der Waals surface area contributed by atoms with Crippen LogP contribution in [0.5, 0.6) is 11.5 Å². The zero-order valence-corrected chi connectivity index (χ0v) is 18.9. The van der Waals surface area contributed by atoms with Gasteiger partial charge in [0.05, 0.1) is 9.31 Å². The maximum Gasteiger partial charge on any atom is 0.311 e. The van der Waals surface area contributed by atoms with E-state index in [1.165, 1.54) is 18.2 Å². The molecular formula is C22H18Br2FNO3. The second-order valence-electron chi connectivity index (χ2n) is 7.33. The molecule has 0 saturated heterocycles. The number of esters is 1. The summed E-state index contributed by atoms with van der Waals surface area (Å²) >= 11 is 6.62. The normalized spacial score (nSPS) is 20.1. The average molecular weight is 523 g/mol. The molecule has 2 aromatic carbocycles. The summed E-state index contributed by atoms with van der Waals surface area (Å²) in [5.41, 5.74) is 0.0780. The molecule has 4 nitrogen and oxygen atoms in total. The van der Waals surface area contributed by atoms with Gasteiger partial charge in [0.25, 0.3) is 0 Å². The Morgan fingerprint density at radius 1 is 1.24 bits per heavy atom. The van der Waals surface area contributed by atoms with Gasteiger partial charge in [-0.2, -0.15) is 5.26 Å². The van der Waals surface area contributed by atoms with Gasteiger partial charge >= 0.3 is 5.97 Å². The van der Waals surface area contributed by atoms with E-state index in [1.807, 2.05) is 32.1 Å². The van der Waals surface area contributed by atoms with E-state index in [4.69, 9.17) is 9.47 Å². The fourth-order valence-corrected chi connectivity index (χ4v) is 3.88. The van der Waals surface area contributed by atoms with Crippen molar-refractivity contribution in [1.29, 1.82) is 5.26 Å². The zero-order valence-electron chi connectivity index (χ0n) is 15.7. The van der Waals surface area contributed by atoms with E-state index in [0.717, 1.165) is 3.39 Å². The minimum atomic E-state index is -1.16. The molecule has 3 rings (SSSR count). The molecule has 0 N–H and O–H groups in total. The molecule has 3 unspecified atom stereocenters. The van der Waals surface area contributed by atoms with Gasteiger partial charge in [-0.25, -0.2) is 4.39 Å². The number of carbonyl (C=O) groups excluding carboxylic acids is 1. The van der Waals surface area contributed by atoms with Crippen LogP contribution in [0.4, 0.5) is 4.39 Å². The molecule has 0 aliphatic heterocycles. The third kappa shape index (κ3) is 4.88. The Morgan fingerprint density at radius 3 is 2.55 bits per heavy atom. The van der Waals surface area contributed by atoms with Crippen molar-refractivity contribution in [2.24, 2.45) is 17.3 Å². The predicted molar refractivity (Wildman–Crippen MR) is 114 cm³/mol. The number of allylic oxidation sites excluding steroid dienone is 1. The Balaban J connectivity index is 1.77. The molecule has 0 spiro atoms. The average Bonchev–Trinajstić information content (AvgIpc) is 3.21. The van der Waals surface area contributed by atoms with Crippen LogP contribution in [0.2, 0.25) is 0 Å². The second kappa shape index (κ2) is 8.68. The van der Waals surface area contributed by atoms with Crippen molar-refractivity contribution in [2.75, 3.05) is 0 Å². The molecule has 1 fully saturated rings. The van der Waals surface area contributed by atoms with Crippen LogP contribution < -0.4 is 4.74 Å². The monoisotopic (exact) mass is 521 g/mol. The van der Waals surface area contributed by atoms with E-state index in [-0.39, 0.29) is 23.0 Å². The van der Waals surface area contributed by atoms with Crippen molar-refractivity contribution < 1.29 is 18.7 Å². The van der Waals surface area contributed by atoms with Crippen LogP contribution in [0, 0.1) is 34.4 Å². The van der Waals surface area contributed by atoms with Gasteiger partial charge in [0.15, 0.2) is 11.6 Å². The molecule has 1 saturated carbocycles. The second-order valence-corrected chi connectivity index (χ2v) is 10.1. The maximum atomic E-state index is 14.2. The van der Waals surface area contributed by atoms with Gasteiger partial charge in [-0.3, -0.25) is 4.79 Å². The lowest BCUT2D eigenvalue weighted by Gasteiger charge is -2.14. The number of benzene rings is 2. The Bertz CT molecular complexity index is 981. The lowest BCUT2D eigenvalue weighted by Crippen LogP contribution is -2.14. The summed E-state index contributed by atoms with van der Waals surface area (Å²) < 4.78 is 26.0. The minimum absolute atomic E-state index is 0.00622. The van der Waals surface area contributed by atoms with Crippen molar-refractivity contribution in [2.45, 2.75) is 20.0 Å². The third-order valence-electron chi connectivity index (χ3n) is 5.05. The van der Waals surface area contributed by atoms with Crippen LogP contribution in [0.1, 0.15) is 25.5 Å². The number of carbonyl (C=O) groups is 1. The summed E-state index contributed by atoms with van der Waals surface area (Å²) in [6, 6.07) is 14.7. The molecule has 0 heterocycles. The molecule has 3 atom stereocenters. The van der Waals surface area contributed by atoms with E-state index in [1.54, 1.807) is 24.3 Å². The van der Waals surface area contributed by atoms with E-state index in [2.05, 4.69) is 31.9 Å². The van der Waals surface area contributed by atoms with Crippen molar-refractivity contribution >= 4 is 37.8 Å². The van der Waals surface area contributed by atoms with Gasteiger partial charge in [0.2, 0.25) is 6.10 Å². The summed E-state index contributed by atoms with van der Waals surface area (Å²) in [4.78, 5) is 12.7. The van der Waals surface area contributed by atoms with Gasteiger partial charge in [0.1, 0.15) is 11.8 Å². The Morgan fingerprint density at radius 2 is 1.93 bits per heavy atom. The summed E-state index contributed by atoms with van der Waals surface area (Å²) in [5, 5.41) is 9.53. The van der Waals surface area contributed by atoms with Crippen LogP contribution in [-0.2, 0) is 9.53 Å². The molecule has 0 radical (unpaired) electrons. The van der Waals surface area contributed by atoms with Gasteiger partial charge < -0.3 is 9.47 Å². The topological polar surface area (TPSA) is 59.3 Å². The summed E-state index contributed by atoms with van der Waals surface area (Å²) in [7, 11) is 0. The number of hydrogen-bond donors (Lipinski definition) is 0. The summed E-state index contributed by atoms with van der Waals surface area (Å²) in [6.07, 6.45) is 0.742. The predicted octanol–water partition coefficient (Wildman–Crippen LogP) is 6.63. The van der Waals surface area contributed by atoms with Crippen molar-refractivity contribution in [3.63, 3.8) is 0 Å². The van der Waals surface area contributed by atoms with Crippen LogP contribution in [0.15, 0.2) is 58.0 Å². The highest BCUT2D eigenvalue weighted by atomic mass is 79.9. The molecular weight excluding hydrogens is 505 g/mol. The van der Waals surface area contributed by atoms with Gasteiger partial charge in [-0.05, 0) is 67.5 Å². The first-order valence-corrected chi connectivity index (χ1v) is 10.5. The first kappa shape index (κ1) is 21.5. The van der Waals surface area contributed by atoms with E-state index in [9.17, 15) is 14.4 Å². The number of hydrogen-bond acceptors (Lipinski definition) is 4. The number of rotatable bonds is 6. The largest absolute Gasteiger partial charge is 0.454 e. The Hall–Kier alpha value is -2.17. The van der Waals surface area contributed by atoms with E-state index in [0.29, 0.717) is 11.3 Å². The molecule has 1 aliphatic carbocycles. The van der Waals surface area contributed by atoms with Crippen LogP contribution in [0.25, 0.3) is 0 Å². The molecule has 29 heavy (non-hydrogen) atoms. The Kier molecular flexibility index (Phi) is 6.45. The van der Waals surface area contributed by atoms with Crippen molar-refractivity contribution in [1.82, 2.24) is 0 Å². The van der Waals surface area contributed by atoms with E-state index < -0.39 is 17.9 Å². The quantitative estimate of drug-likeness (QED) is 0.399. The highest BCUT2D eigenvalue weighted by Crippen LogP contribution is 2.60. The number of para-hydroxylation sites is 1. The smallest absolute Gasteiger partial charge is 0.311 e. The molecule has 0 amide bonds. The lowest BCUT2D eigenvalue weighted by molar-refractivity contribution is -0.149. The van der Waals surface area contributed by atoms with E-state index >= 15 is 0 Å². The van der Waals surface area contributed by atoms with Crippen molar-refractivity contribution in [3.05, 3.63) is 69.4 Å².